The van der Waals surface area contributed by atoms with Gasteiger partial charge < -0.3 is 14.6 Å². The van der Waals surface area contributed by atoms with Gasteiger partial charge >= 0.3 is 5.97 Å². The van der Waals surface area contributed by atoms with E-state index in [1.807, 2.05) is 60.3 Å². The van der Waals surface area contributed by atoms with Gasteiger partial charge in [-0.1, -0.05) is 17.7 Å². The molecule has 1 heterocycles. The zero-order valence-corrected chi connectivity index (χ0v) is 13.8. The highest BCUT2D eigenvalue weighted by Gasteiger charge is 2.10. The van der Waals surface area contributed by atoms with Gasteiger partial charge in [0.1, 0.15) is 12.3 Å². The molecule has 5 nitrogen and oxygen atoms in total. The molecule has 0 saturated heterocycles. The lowest BCUT2D eigenvalue weighted by molar-refractivity contribution is -0.133. The average Bonchev–Trinajstić information content (AvgIpc) is 3.16. The maximum Gasteiger partial charge on any atom is 0.330 e. The third-order valence-corrected chi connectivity index (χ3v) is 3.68. The van der Waals surface area contributed by atoms with Gasteiger partial charge in [0.2, 0.25) is 0 Å². The van der Waals surface area contributed by atoms with Gasteiger partial charge in [-0.3, -0.25) is 4.79 Å². The molecule has 2 aromatic carbocycles. The van der Waals surface area contributed by atoms with Gasteiger partial charge in [0.05, 0.1) is 0 Å². The number of esters is 1. The number of nitrogens with one attached hydrogen (secondary N) is 1. The van der Waals surface area contributed by atoms with Gasteiger partial charge in [0.25, 0.3) is 5.91 Å². The van der Waals surface area contributed by atoms with Crippen molar-refractivity contribution in [3.05, 3.63) is 84.2 Å². The van der Waals surface area contributed by atoms with Crippen molar-refractivity contribution in [2.24, 2.45) is 0 Å². The summed E-state index contributed by atoms with van der Waals surface area (Å²) in [5.74, 6) is -0.373. The second-order valence-electron chi connectivity index (χ2n) is 5.61. The monoisotopic (exact) mass is 334 g/mol. The predicted molar refractivity (Wildman–Crippen MR) is 94.9 cm³/mol. The normalized spacial score (nSPS) is 10.3. The highest BCUT2D eigenvalue weighted by Crippen LogP contribution is 2.12. The van der Waals surface area contributed by atoms with Crippen molar-refractivity contribution in [1.82, 2.24) is 9.88 Å². The van der Waals surface area contributed by atoms with Crippen LogP contribution in [-0.4, -0.2) is 23.0 Å². The van der Waals surface area contributed by atoms with Crippen molar-refractivity contribution >= 4 is 11.9 Å². The van der Waals surface area contributed by atoms with Crippen LogP contribution in [0.1, 0.15) is 15.9 Å². The maximum atomic E-state index is 12.1. The molecular formula is C20H18N2O3. The first-order valence-corrected chi connectivity index (χ1v) is 7.91. The first-order valence-electron chi connectivity index (χ1n) is 7.91. The van der Waals surface area contributed by atoms with E-state index in [1.54, 1.807) is 24.3 Å². The van der Waals surface area contributed by atoms with Crippen LogP contribution in [0, 0.1) is 6.92 Å². The smallest absolute Gasteiger partial charge is 0.330 e. The highest BCUT2D eigenvalue weighted by atomic mass is 16.5. The van der Waals surface area contributed by atoms with Gasteiger partial charge in [-0.2, -0.15) is 0 Å². The minimum Gasteiger partial charge on any atom is -0.425 e. The summed E-state index contributed by atoms with van der Waals surface area (Å²) in [6.07, 6.45) is 3.85. The number of hydrogen-bond donors (Lipinski definition) is 1. The molecule has 0 unspecified atom stereocenters. The first-order chi connectivity index (χ1) is 12.1. The molecule has 0 bridgehead atoms. The molecule has 126 valence electrons. The Morgan fingerprint density at radius 2 is 1.60 bits per heavy atom. The van der Waals surface area contributed by atoms with Gasteiger partial charge in [-0.25, -0.2) is 4.79 Å². The Hall–Kier alpha value is -3.34. The van der Waals surface area contributed by atoms with Crippen LogP contribution < -0.4 is 10.1 Å². The van der Waals surface area contributed by atoms with Crippen molar-refractivity contribution < 1.29 is 14.3 Å². The fraction of sp³-hybridized carbons (Fsp3) is 0.100. The minimum atomic E-state index is -0.513. The SMILES string of the molecule is Cc1ccc(OC(=O)CNC(=O)c2ccc(-n3cccc3)cc2)cc1. The summed E-state index contributed by atoms with van der Waals surface area (Å²) in [4.78, 5) is 23.9. The molecule has 0 saturated carbocycles. The number of benzene rings is 2. The summed E-state index contributed by atoms with van der Waals surface area (Å²) >= 11 is 0. The van der Waals surface area contributed by atoms with Crippen LogP contribution in [0.15, 0.2) is 73.1 Å². The first kappa shape index (κ1) is 16.5. The van der Waals surface area contributed by atoms with E-state index in [0.717, 1.165) is 11.3 Å². The molecule has 1 N–H and O–H groups in total. The summed E-state index contributed by atoms with van der Waals surface area (Å²) in [7, 11) is 0. The van der Waals surface area contributed by atoms with Crippen molar-refractivity contribution in [2.75, 3.05) is 6.54 Å². The van der Waals surface area contributed by atoms with Crippen LogP contribution in [0.25, 0.3) is 5.69 Å². The van der Waals surface area contributed by atoms with E-state index >= 15 is 0 Å². The average molecular weight is 334 g/mol. The zero-order valence-electron chi connectivity index (χ0n) is 13.8. The van der Waals surface area contributed by atoms with E-state index in [0.29, 0.717) is 11.3 Å². The van der Waals surface area contributed by atoms with Crippen molar-refractivity contribution in [3.63, 3.8) is 0 Å². The van der Waals surface area contributed by atoms with Crippen molar-refractivity contribution in [2.45, 2.75) is 6.92 Å². The maximum absolute atomic E-state index is 12.1. The Bertz CT molecular complexity index is 851. The Kier molecular flexibility index (Phi) is 4.95. The van der Waals surface area contributed by atoms with E-state index in [1.165, 1.54) is 0 Å². The molecule has 1 aromatic heterocycles. The Morgan fingerprint density at radius 1 is 0.960 bits per heavy atom. The van der Waals surface area contributed by atoms with Crippen LogP contribution >= 0.6 is 0 Å². The number of carbonyl (C=O) groups is 2. The minimum absolute atomic E-state index is 0.188. The number of amides is 1. The molecule has 0 spiro atoms. The summed E-state index contributed by atoms with van der Waals surface area (Å²) in [5.41, 5.74) is 2.52. The number of hydrogen-bond acceptors (Lipinski definition) is 3. The number of aryl methyl sites for hydroxylation is 1. The van der Waals surface area contributed by atoms with Crippen LogP contribution in [-0.2, 0) is 4.79 Å². The number of rotatable bonds is 5. The van der Waals surface area contributed by atoms with Crippen molar-refractivity contribution in [3.8, 4) is 11.4 Å². The van der Waals surface area contributed by atoms with E-state index in [9.17, 15) is 9.59 Å². The third-order valence-electron chi connectivity index (χ3n) is 3.68. The summed E-state index contributed by atoms with van der Waals surface area (Å²) in [5, 5.41) is 2.56. The molecule has 0 radical (unpaired) electrons. The molecular weight excluding hydrogens is 316 g/mol. The zero-order chi connectivity index (χ0) is 17.6. The largest absolute Gasteiger partial charge is 0.425 e. The molecule has 3 rings (SSSR count). The molecule has 0 atom stereocenters. The van der Waals surface area contributed by atoms with E-state index < -0.39 is 5.97 Å². The third kappa shape index (κ3) is 4.35. The Labute approximate surface area is 145 Å². The second-order valence-corrected chi connectivity index (χ2v) is 5.61. The molecule has 0 aliphatic rings. The van der Waals surface area contributed by atoms with E-state index in [2.05, 4.69) is 5.32 Å². The van der Waals surface area contributed by atoms with Crippen LogP contribution in [0.5, 0.6) is 5.75 Å². The Balaban J connectivity index is 1.53. The standard InChI is InChI=1S/C20H18N2O3/c1-15-4-10-18(11-5-15)25-19(23)14-21-20(24)16-6-8-17(9-7-16)22-12-2-3-13-22/h2-13H,14H2,1H3,(H,21,24). The predicted octanol–water partition coefficient (Wildman–Crippen LogP) is 3.12. The summed E-state index contributed by atoms with van der Waals surface area (Å²) < 4.78 is 7.11. The Morgan fingerprint density at radius 3 is 2.24 bits per heavy atom. The summed E-state index contributed by atoms with van der Waals surface area (Å²) in [6.45, 7) is 1.76. The van der Waals surface area contributed by atoms with Crippen LogP contribution in [0.4, 0.5) is 0 Å². The van der Waals surface area contributed by atoms with E-state index in [4.69, 9.17) is 4.74 Å². The fourth-order valence-electron chi connectivity index (χ4n) is 2.32. The molecule has 0 aliphatic heterocycles. The topological polar surface area (TPSA) is 60.3 Å². The summed E-state index contributed by atoms with van der Waals surface area (Å²) in [6, 6.07) is 18.1. The van der Waals surface area contributed by atoms with Gasteiger partial charge in [0, 0.05) is 23.6 Å². The number of nitrogens with zero attached hydrogens (tertiary/aromatic N) is 1. The number of ether oxygens (including phenoxy) is 1. The molecule has 0 aliphatic carbocycles. The second kappa shape index (κ2) is 7.49. The highest BCUT2D eigenvalue weighted by molar-refractivity contribution is 5.96. The van der Waals surface area contributed by atoms with Gasteiger partial charge in [0.15, 0.2) is 0 Å². The van der Waals surface area contributed by atoms with Gasteiger partial charge in [-0.15, -0.1) is 0 Å². The van der Waals surface area contributed by atoms with Crippen LogP contribution in [0.2, 0.25) is 0 Å². The molecule has 0 fully saturated rings. The lowest BCUT2D eigenvalue weighted by Gasteiger charge is -2.07. The number of carbonyl (C=O) groups excluding carboxylic acids is 2. The quantitative estimate of drug-likeness (QED) is 0.576. The lowest BCUT2D eigenvalue weighted by Crippen LogP contribution is -2.31. The van der Waals surface area contributed by atoms with E-state index in [-0.39, 0.29) is 12.5 Å². The van der Waals surface area contributed by atoms with Crippen LogP contribution in [0.3, 0.4) is 0 Å². The fourth-order valence-corrected chi connectivity index (χ4v) is 2.32. The van der Waals surface area contributed by atoms with Crippen molar-refractivity contribution in [1.29, 1.82) is 0 Å². The van der Waals surface area contributed by atoms with Gasteiger partial charge in [-0.05, 0) is 55.5 Å². The lowest BCUT2D eigenvalue weighted by atomic mass is 10.2. The molecule has 25 heavy (non-hydrogen) atoms. The number of aromatic nitrogens is 1. The molecule has 5 heteroatoms. The molecule has 3 aromatic rings. The molecule has 1 amide bonds.